The third-order valence-electron chi connectivity index (χ3n) is 2.58. The van der Waals surface area contributed by atoms with Crippen LogP contribution in [-0.2, 0) is 6.54 Å². The number of rotatable bonds is 3. The first-order valence-electron chi connectivity index (χ1n) is 5.36. The van der Waals surface area contributed by atoms with Crippen LogP contribution >= 0.6 is 0 Å². The minimum atomic E-state index is 0.517. The van der Waals surface area contributed by atoms with Crippen LogP contribution in [0.2, 0.25) is 0 Å². The molecule has 0 aromatic carbocycles. The number of nitrogens with zero attached hydrogens (tertiary/aromatic N) is 4. The maximum atomic E-state index is 5.76. The summed E-state index contributed by atoms with van der Waals surface area (Å²) < 4.78 is 0. The highest BCUT2D eigenvalue weighted by atomic mass is 15.2. The molecule has 0 unspecified atom stereocenters. The Morgan fingerprint density at radius 2 is 2.06 bits per heavy atom. The summed E-state index contributed by atoms with van der Waals surface area (Å²) >= 11 is 0. The fourth-order valence-electron chi connectivity index (χ4n) is 1.65. The van der Waals surface area contributed by atoms with Crippen LogP contribution in [-0.4, -0.2) is 22.0 Å². The molecular weight excluding hydrogens is 214 g/mol. The Labute approximate surface area is 100 Å². The first kappa shape index (κ1) is 11.3. The number of aromatic nitrogens is 3. The van der Waals surface area contributed by atoms with Crippen molar-refractivity contribution in [1.82, 2.24) is 15.0 Å². The molecule has 0 amide bonds. The highest BCUT2D eigenvalue weighted by molar-refractivity contribution is 5.55. The highest BCUT2D eigenvalue weighted by Crippen LogP contribution is 2.19. The molecule has 2 N–H and O–H groups in total. The highest BCUT2D eigenvalue weighted by Gasteiger charge is 2.09. The number of anilines is 2. The van der Waals surface area contributed by atoms with E-state index in [9.17, 15) is 0 Å². The van der Waals surface area contributed by atoms with Gasteiger partial charge in [0, 0.05) is 18.8 Å². The van der Waals surface area contributed by atoms with Gasteiger partial charge in [-0.25, -0.2) is 9.97 Å². The van der Waals surface area contributed by atoms with Gasteiger partial charge in [0.25, 0.3) is 0 Å². The fraction of sp³-hybridized carbons (Fsp3) is 0.250. The van der Waals surface area contributed by atoms with Gasteiger partial charge in [0.1, 0.15) is 18.0 Å². The normalized spacial score (nSPS) is 10.2. The molecule has 0 aliphatic heterocycles. The third-order valence-corrected chi connectivity index (χ3v) is 2.58. The maximum absolute atomic E-state index is 5.76. The molecule has 0 saturated heterocycles. The van der Waals surface area contributed by atoms with Gasteiger partial charge in [-0.15, -0.1) is 0 Å². The van der Waals surface area contributed by atoms with Crippen molar-refractivity contribution in [1.29, 1.82) is 0 Å². The van der Waals surface area contributed by atoms with Crippen LogP contribution in [0.15, 0.2) is 30.7 Å². The zero-order chi connectivity index (χ0) is 12.3. The van der Waals surface area contributed by atoms with E-state index in [4.69, 9.17) is 5.73 Å². The first-order valence-corrected chi connectivity index (χ1v) is 5.36. The van der Waals surface area contributed by atoms with E-state index in [2.05, 4.69) is 15.0 Å². The van der Waals surface area contributed by atoms with E-state index in [-0.39, 0.29) is 0 Å². The molecule has 2 heterocycles. The topological polar surface area (TPSA) is 67.9 Å². The zero-order valence-electron chi connectivity index (χ0n) is 9.96. The Hall–Kier alpha value is -2.17. The summed E-state index contributed by atoms with van der Waals surface area (Å²) in [5.41, 5.74) is 7.65. The number of hydrogen-bond acceptors (Lipinski definition) is 5. The van der Waals surface area contributed by atoms with Crippen molar-refractivity contribution >= 4 is 11.6 Å². The summed E-state index contributed by atoms with van der Waals surface area (Å²) in [6.07, 6.45) is 3.26. The third kappa shape index (κ3) is 2.50. The Morgan fingerprint density at radius 3 is 2.76 bits per heavy atom. The Balaban J connectivity index is 2.20. The second-order valence-electron chi connectivity index (χ2n) is 3.88. The van der Waals surface area contributed by atoms with Crippen LogP contribution in [0.4, 0.5) is 11.6 Å². The van der Waals surface area contributed by atoms with Gasteiger partial charge >= 0.3 is 0 Å². The van der Waals surface area contributed by atoms with Crippen molar-refractivity contribution in [2.45, 2.75) is 13.5 Å². The molecule has 88 valence electrons. The van der Waals surface area contributed by atoms with Crippen molar-refractivity contribution in [3.63, 3.8) is 0 Å². The van der Waals surface area contributed by atoms with Crippen molar-refractivity contribution in [3.05, 3.63) is 42.0 Å². The molecule has 2 rings (SSSR count). The Morgan fingerprint density at radius 1 is 1.24 bits per heavy atom. The lowest BCUT2D eigenvalue weighted by Crippen LogP contribution is -2.20. The summed E-state index contributed by atoms with van der Waals surface area (Å²) in [6, 6.07) is 5.85. The SMILES string of the molecule is Cc1c(N)ncnc1N(C)Cc1ccccn1. The number of nitrogen functional groups attached to an aromatic ring is 1. The lowest BCUT2D eigenvalue weighted by Gasteiger charge is -2.19. The first-order chi connectivity index (χ1) is 8.18. The Bertz CT molecular complexity index is 498. The van der Waals surface area contributed by atoms with E-state index in [0.29, 0.717) is 12.4 Å². The number of hydrogen-bond donors (Lipinski definition) is 1. The van der Waals surface area contributed by atoms with Crippen LogP contribution in [0.1, 0.15) is 11.3 Å². The summed E-state index contributed by atoms with van der Waals surface area (Å²) in [6.45, 7) is 2.61. The van der Waals surface area contributed by atoms with Gasteiger partial charge in [-0.05, 0) is 19.1 Å². The summed E-state index contributed by atoms with van der Waals surface area (Å²) in [5.74, 6) is 1.35. The zero-order valence-corrected chi connectivity index (χ0v) is 9.96. The van der Waals surface area contributed by atoms with Gasteiger partial charge < -0.3 is 10.6 Å². The number of nitrogens with two attached hydrogens (primary N) is 1. The maximum Gasteiger partial charge on any atom is 0.137 e. The molecule has 2 aromatic heterocycles. The van der Waals surface area contributed by atoms with Crippen molar-refractivity contribution in [2.24, 2.45) is 0 Å². The van der Waals surface area contributed by atoms with Crippen LogP contribution < -0.4 is 10.6 Å². The van der Waals surface area contributed by atoms with E-state index in [1.54, 1.807) is 6.20 Å². The summed E-state index contributed by atoms with van der Waals surface area (Å²) in [7, 11) is 1.96. The smallest absolute Gasteiger partial charge is 0.137 e. The second kappa shape index (κ2) is 4.78. The van der Waals surface area contributed by atoms with E-state index >= 15 is 0 Å². The Kier molecular flexibility index (Phi) is 3.18. The van der Waals surface area contributed by atoms with Crippen molar-refractivity contribution < 1.29 is 0 Å². The molecular formula is C12H15N5. The summed E-state index contributed by atoms with van der Waals surface area (Å²) in [5, 5.41) is 0. The quantitative estimate of drug-likeness (QED) is 0.861. The lowest BCUT2D eigenvalue weighted by molar-refractivity contribution is 0.855. The number of pyridine rings is 1. The molecule has 0 aliphatic rings. The van der Waals surface area contributed by atoms with Gasteiger partial charge in [-0.2, -0.15) is 0 Å². The molecule has 0 saturated carbocycles. The molecule has 2 aromatic rings. The molecule has 0 aliphatic carbocycles. The monoisotopic (exact) mass is 229 g/mol. The van der Waals surface area contributed by atoms with Gasteiger partial charge in [-0.3, -0.25) is 4.98 Å². The van der Waals surface area contributed by atoms with Crippen LogP contribution in [0.25, 0.3) is 0 Å². The standard InChI is InChI=1S/C12H15N5/c1-9-11(13)15-8-16-12(9)17(2)7-10-5-3-4-6-14-10/h3-6,8H,7H2,1-2H3,(H2,13,15,16). The van der Waals surface area contributed by atoms with Crippen molar-refractivity contribution in [2.75, 3.05) is 17.7 Å². The molecule has 0 bridgehead atoms. The van der Waals surface area contributed by atoms with Gasteiger partial charge in [0.15, 0.2) is 0 Å². The van der Waals surface area contributed by atoms with Crippen LogP contribution in [0.3, 0.4) is 0 Å². The van der Waals surface area contributed by atoms with E-state index in [0.717, 1.165) is 17.1 Å². The molecule has 0 atom stereocenters. The minimum Gasteiger partial charge on any atom is -0.383 e. The average Bonchev–Trinajstić information content (AvgIpc) is 2.34. The van der Waals surface area contributed by atoms with Gasteiger partial charge in [-0.1, -0.05) is 6.07 Å². The van der Waals surface area contributed by atoms with E-state index < -0.39 is 0 Å². The van der Waals surface area contributed by atoms with Gasteiger partial charge in [0.05, 0.1) is 12.2 Å². The molecule has 5 heteroatoms. The summed E-state index contributed by atoms with van der Waals surface area (Å²) in [4.78, 5) is 14.5. The lowest BCUT2D eigenvalue weighted by atomic mass is 10.2. The largest absolute Gasteiger partial charge is 0.383 e. The van der Waals surface area contributed by atoms with E-state index in [1.807, 2.05) is 37.1 Å². The minimum absolute atomic E-state index is 0.517. The van der Waals surface area contributed by atoms with E-state index in [1.165, 1.54) is 6.33 Å². The average molecular weight is 229 g/mol. The molecule has 0 fully saturated rings. The van der Waals surface area contributed by atoms with Crippen LogP contribution in [0.5, 0.6) is 0 Å². The van der Waals surface area contributed by atoms with Gasteiger partial charge in [0.2, 0.25) is 0 Å². The molecule has 0 radical (unpaired) electrons. The van der Waals surface area contributed by atoms with Crippen molar-refractivity contribution in [3.8, 4) is 0 Å². The van der Waals surface area contributed by atoms with Crippen LogP contribution in [0, 0.1) is 6.92 Å². The molecule has 17 heavy (non-hydrogen) atoms. The second-order valence-corrected chi connectivity index (χ2v) is 3.88. The molecule has 0 spiro atoms. The predicted molar refractivity (Wildman–Crippen MR) is 67.5 cm³/mol. The molecule has 5 nitrogen and oxygen atoms in total. The predicted octanol–water partition coefficient (Wildman–Crippen LogP) is 1.40. The fourth-order valence-corrected chi connectivity index (χ4v) is 1.65.